The number of nitrogens with zero attached hydrogens (tertiary/aromatic N) is 1. The molecule has 0 aliphatic carbocycles. The topological polar surface area (TPSA) is 78.5 Å². The van der Waals surface area contributed by atoms with Crippen molar-refractivity contribution < 1.29 is 14.4 Å². The van der Waals surface area contributed by atoms with Crippen LogP contribution in [0.1, 0.15) is 21.7 Å². The molecule has 3 heterocycles. The first-order chi connectivity index (χ1) is 12.6. The van der Waals surface area contributed by atoms with Gasteiger partial charge in [0.15, 0.2) is 0 Å². The molecule has 0 saturated carbocycles. The van der Waals surface area contributed by atoms with Gasteiger partial charge in [-0.05, 0) is 23.4 Å². The fourth-order valence-corrected chi connectivity index (χ4v) is 4.30. The predicted molar refractivity (Wildman–Crippen MR) is 97.8 cm³/mol. The van der Waals surface area contributed by atoms with Crippen LogP contribution in [-0.2, 0) is 16.0 Å². The van der Waals surface area contributed by atoms with Crippen LogP contribution in [-0.4, -0.2) is 47.3 Å². The van der Waals surface area contributed by atoms with Crippen LogP contribution in [0.15, 0.2) is 47.8 Å². The van der Waals surface area contributed by atoms with Gasteiger partial charge in [0.25, 0.3) is 5.91 Å². The van der Waals surface area contributed by atoms with Gasteiger partial charge >= 0.3 is 0 Å². The van der Waals surface area contributed by atoms with E-state index in [-0.39, 0.29) is 23.8 Å². The van der Waals surface area contributed by atoms with E-state index in [1.165, 1.54) is 11.3 Å². The molecule has 2 aliphatic heterocycles. The summed E-state index contributed by atoms with van der Waals surface area (Å²) in [6.45, 7) is 0.484. The highest BCUT2D eigenvalue weighted by atomic mass is 32.1. The Morgan fingerprint density at radius 1 is 1.19 bits per heavy atom. The lowest BCUT2D eigenvalue weighted by Gasteiger charge is -2.36. The lowest BCUT2D eigenvalue weighted by molar-refractivity contribution is -0.147. The summed E-state index contributed by atoms with van der Waals surface area (Å²) < 4.78 is 0. The average molecular weight is 369 g/mol. The minimum absolute atomic E-state index is 0.0775. The molecule has 0 radical (unpaired) electrons. The molecule has 3 atom stereocenters. The van der Waals surface area contributed by atoms with Gasteiger partial charge in [0.1, 0.15) is 12.1 Å². The Bertz CT molecular complexity index is 822. The lowest BCUT2D eigenvalue weighted by atomic mass is 9.99. The molecule has 2 fully saturated rings. The summed E-state index contributed by atoms with van der Waals surface area (Å²) in [6, 6.07) is 11.7. The summed E-state index contributed by atoms with van der Waals surface area (Å²) >= 11 is 1.35. The van der Waals surface area contributed by atoms with E-state index in [1.54, 1.807) is 11.0 Å². The van der Waals surface area contributed by atoms with E-state index >= 15 is 0 Å². The highest BCUT2D eigenvalue weighted by Gasteiger charge is 2.48. The zero-order valence-electron chi connectivity index (χ0n) is 14.1. The van der Waals surface area contributed by atoms with Crippen molar-refractivity contribution in [1.82, 2.24) is 15.5 Å². The fraction of sp³-hybridized carbons (Fsp3) is 0.316. The number of carbonyl (C=O) groups is 3. The SMILES string of the molecule is O=C(N[C@H]1CCN2C(=O)[C@H](Cc3ccccc3)NC(=O)[C@H]12)c1cccs1. The molecule has 1 aromatic carbocycles. The van der Waals surface area contributed by atoms with Crippen LogP contribution in [0.5, 0.6) is 0 Å². The molecule has 3 amide bonds. The van der Waals surface area contributed by atoms with Crippen LogP contribution < -0.4 is 10.6 Å². The second kappa shape index (κ2) is 6.92. The molecule has 2 aliphatic rings. The molecule has 6 nitrogen and oxygen atoms in total. The molecule has 1 aromatic heterocycles. The lowest BCUT2D eigenvalue weighted by Crippen LogP contribution is -2.65. The van der Waals surface area contributed by atoms with E-state index in [1.807, 2.05) is 41.8 Å². The van der Waals surface area contributed by atoms with Crippen molar-refractivity contribution >= 4 is 29.1 Å². The number of hydrogen-bond donors (Lipinski definition) is 2. The molecular weight excluding hydrogens is 350 g/mol. The van der Waals surface area contributed by atoms with Gasteiger partial charge in [-0.15, -0.1) is 11.3 Å². The third-order valence-corrected chi connectivity index (χ3v) is 5.78. The van der Waals surface area contributed by atoms with E-state index in [9.17, 15) is 14.4 Å². The van der Waals surface area contributed by atoms with E-state index in [0.29, 0.717) is 24.3 Å². The van der Waals surface area contributed by atoms with Gasteiger partial charge in [0.05, 0.1) is 10.9 Å². The van der Waals surface area contributed by atoms with Crippen molar-refractivity contribution in [3.8, 4) is 0 Å². The van der Waals surface area contributed by atoms with Crippen LogP contribution in [0, 0.1) is 0 Å². The summed E-state index contributed by atoms with van der Waals surface area (Å²) in [7, 11) is 0. The van der Waals surface area contributed by atoms with Crippen molar-refractivity contribution in [2.45, 2.75) is 31.0 Å². The zero-order chi connectivity index (χ0) is 18.1. The Labute approximate surface area is 155 Å². The first kappa shape index (κ1) is 16.8. The van der Waals surface area contributed by atoms with Crippen LogP contribution in [0.25, 0.3) is 0 Å². The van der Waals surface area contributed by atoms with Crippen LogP contribution in [0.4, 0.5) is 0 Å². The maximum absolute atomic E-state index is 12.8. The number of amides is 3. The summed E-state index contributed by atoms with van der Waals surface area (Å²) in [4.78, 5) is 40.0. The van der Waals surface area contributed by atoms with E-state index in [4.69, 9.17) is 0 Å². The Balaban J connectivity index is 1.46. The average Bonchev–Trinajstić information content (AvgIpc) is 3.31. The molecule has 0 bridgehead atoms. The minimum atomic E-state index is -0.626. The van der Waals surface area contributed by atoms with Crippen LogP contribution in [0.2, 0.25) is 0 Å². The van der Waals surface area contributed by atoms with Gasteiger partial charge in [-0.1, -0.05) is 36.4 Å². The largest absolute Gasteiger partial charge is 0.346 e. The van der Waals surface area contributed by atoms with Gasteiger partial charge in [-0.2, -0.15) is 0 Å². The Morgan fingerprint density at radius 2 is 2.00 bits per heavy atom. The summed E-state index contributed by atoms with van der Waals surface area (Å²) in [5.74, 6) is -0.468. The van der Waals surface area contributed by atoms with E-state index < -0.39 is 12.1 Å². The second-order valence-corrected chi connectivity index (χ2v) is 7.52. The van der Waals surface area contributed by atoms with Gasteiger partial charge in [0, 0.05) is 13.0 Å². The number of hydrogen-bond acceptors (Lipinski definition) is 4. The standard InChI is InChI=1S/C19H19N3O3S/c23-17(15-7-4-10-26-15)20-13-8-9-22-16(13)18(24)21-14(19(22)25)11-12-5-2-1-3-6-12/h1-7,10,13-14,16H,8-9,11H2,(H,20,23)(H,21,24)/t13-,14-,16-/m0/s1. The smallest absolute Gasteiger partial charge is 0.261 e. The van der Waals surface area contributed by atoms with Crippen molar-refractivity contribution in [3.63, 3.8) is 0 Å². The normalized spacial score (nSPS) is 24.9. The van der Waals surface area contributed by atoms with Crippen LogP contribution >= 0.6 is 11.3 Å². The highest BCUT2D eigenvalue weighted by Crippen LogP contribution is 2.24. The molecule has 0 spiro atoms. The monoisotopic (exact) mass is 369 g/mol. The first-order valence-electron chi connectivity index (χ1n) is 8.62. The molecule has 2 saturated heterocycles. The molecule has 7 heteroatoms. The maximum Gasteiger partial charge on any atom is 0.261 e. The van der Waals surface area contributed by atoms with Crippen molar-refractivity contribution in [3.05, 3.63) is 58.3 Å². The molecule has 0 unspecified atom stereocenters. The molecular formula is C19H19N3O3S. The number of fused-ring (bicyclic) bond motifs is 1. The number of benzene rings is 1. The van der Waals surface area contributed by atoms with E-state index in [0.717, 1.165) is 5.56 Å². The molecule has 2 N–H and O–H groups in total. The zero-order valence-corrected chi connectivity index (χ0v) is 14.9. The molecule has 134 valence electrons. The summed E-state index contributed by atoms with van der Waals surface area (Å²) in [6.07, 6.45) is 1.06. The number of thiophene rings is 1. The van der Waals surface area contributed by atoms with E-state index in [2.05, 4.69) is 10.6 Å². The van der Waals surface area contributed by atoms with Crippen LogP contribution in [0.3, 0.4) is 0 Å². The first-order valence-corrected chi connectivity index (χ1v) is 9.50. The van der Waals surface area contributed by atoms with Crippen molar-refractivity contribution in [1.29, 1.82) is 0 Å². The van der Waals surface area contributed by atoms with Gasteiger partial charge in [-0.3, -0.25) is 14.4 Å². The quantitative estimate of drug-likeness (QED) is 0.850. The third-order valence-electron chi connectivity index (χ3n) is 4.91. The number of carbonyl (C=O) groups excluding carboxylic acids is 3. The highest BCUT2D eigenvalue weighted by molar-refractivity contribution is 7.12. The third kappa shape index (κ3) is 3.10. The Hall–Kier alpha value is -2.67. The van der Waals surface area contributed by atoms with Gasteiger partial charge in [0.2, 0.25) is 11.8 Å². The summed E-state index contributed by atoms with van der Waals surface area (Å²) in [5, 5.41) is 7.59. The predicted octanol–water partition coefficient (Wildman–Crippen LogP) is 1.19. The number of nitrogens with one attached hydrogen (secondary N) is 2. The molecule has 4 rings (SSSR count). The summed E-state index contributed by atoms with van der Waals surface area (Å²) in [5.41, 5.74) is 1.01. The van der Waals surface area contributed by atoms with Crippen molar-refractivity contribution in [2.24, 2.45) is 0 Å². The number of rotatable bonds is 4. The Kier molecular flexibility index (Phi) is 4.46. The maximum atomic E-state index is 12.8. The minimum Gasteiger partial charge on any atom is -0.346 e. The van der Waals surface area contributed by atoms with Gasteiger partial charge in [-0.25, -0.2) is 0 Å². The molecule has 26 heavy (non-hydrogen) atoms. The number of piperazine rings is 1. The molecule has 2 aromatic rings. The van der Waals surface area contributed by atoms with Gasteiger partial charge < -0.3 is 15.5 Å². The van der Waals surface area contributed by atoms with Crippen molar-refractivity contribution in [2.75, 3.05) is 6.54 Å². The second-order valence-electron chi connectivity index (χ2n) is 6.57. The Morgan fingerprint density at radius 3 is 2.73 bits per heavy atom. The fourth-order valence-electron chi connectivity index (χ4n) is 3.67.